The summed E-state index contributed by atoms with van der Waals surface area (Å²) in [7, 11) is 0. The highest BCUT2D eigenvalue weighted by atomic mass is 35.5. The molecule has 0 radical (unpaired) electrons. The summed E-state index contributed by atoms with van der Waals surface area (Å²) >= 11 is 0. The van der Waals surface area contributed by atoms with Crippen molar-refractivity contribution in [2.24, 2.45) is 22.9 Å². The fraction of sp³-hybridized carbons (Fsp3) is 0.125. The van der Waals surface area contributed by atoms with E-state index < -0.39 is 23.8 Å². The SMILES string of the molecule is Cl.Cl.NCC(C(N)=O)c1ccc(-c2ccc3[nH]c4ccc(-c5ccc6[nH]c(C(N)CC(N)=O)cc6c5)cc4c3c2)cc1. The third kappa shape index (κ3) is 5.70. The lowest BCUT2D eigenvalue weighted by molar-refractivity contribution is -0.119. The minimum Gasteiger partial charge on any atom is -0.370 e. The molecule has 4 aromatic carbocycles. The number of hydrogen-bond acceptors (Lipinski definition) is 4. The largest absolute Gasteiger partial charge is 0.370 e. The number of fused-ring (bicyclic) bond motifs is 4. The van der Waals surface area contributed by atoms with Crippen molar-refractivity contribution < 1.29 is 9.59 Å². The molecule has 0 spiro atoms. The zero-order chi connectivity index (χ0) is 28.0. The number of hydrogen-bond donors (Lipinski definition) is 6. The molecule has 2 unspecified atom stereocenters. The first-order valence-electron chi connectivity index (χ1n) is 13.1. The molecule has 10 N–H and O–H groups in total. The minimum absolute atomic E-state index is 0. The van der Waals surface area contributed by atoms with Crippen LogP contribution in [0.25, 0.3) is 55.0 Å². The highest BCUT2D eigenvalue weighted by molar-refractivity contribution is 6.10. The Morgan fingerprint density at radius 2 is 1.19 bits per heavy atom. The number of primary amides is 2. The van der Waals surface area contributed by atoms with Crippen LogP contribution in [0.3, 0.4) is 0 Å². The lowest BCUT2D eigenvalue weighted by Crippen LogP contribution is -2.27. The van der Waals surface area contributed by atoms with Crippen LogP contribution in [0.5, 0.6) is 0 Å². The number of aromatic amines is 2. The molecule has 0 aliphatic heterocycles. The average molecular weight is 604 g/mol. The predicted octanol–water partition coefficient (Wildman–Crippen LogP) is 5.38. The molecule has 0 saturated heterocycles. The van der Waals surface area contributed by atoms with Gasteiger partial charge in [-0.2, -0.15) is 0 Å². The van der Waals surface area contributed by atoms with E-state index in [2.05, 4.69) is 58.5 Å². The van der Waals surface area contributed by atoms with E-state index in [0.29, 0.717) is 0 Å². The number of H-pyrrole nitrogens is 2. The lowest BCUT2D eigenvalue weighted by atomic mass is 9.95. The first-order chi connectivity index (χ1) is 19.3. The Hall–Kier alpha value is -4.34. The smallest absolute Gasteiger partial charge is 0.226 e. The van der Waals surface area contributed by atoms with Crippen molar-refractivity contribution in [3.05, 3.63) is 96.2 Å². The van der Waals surface area contributed by atoms with Crippen LogP contribution in [0, 0.1) is 0 Å². The van der Waals surface area contributed by atoms with E-state index in [1.165, 1.54) is 0 Å². The van der Waals surface area contributed by atoms with Crippen molar-refractivity contribution in [2.75, 3.05) is 6.54 Å². The molecule has 2 atom stereocenters. The number of benzene rings is 4. The van der Waals surface area contributed by atoms with Gasteiger partial charge >= 0.3 is 0 Å². The van der Waals surface area contributed by atoms with Crippen molar-refractivity contribution in [3.63, 3.8) is 0 Å². The van der Waals surface area contributed by atoms with Gasteiger partial charge in [-0.3, -0.25) is 9.59 Å². The molecule has 216 valence electrons. The predicted molar refractivity (Wildman–Crippen MR) is 175 cm³/mol. The Kier molecular flexibility index (Phi) is 8.94. The second-order valence-corrected chi connectivity index (χ2v) is 10.3. The third-order valence-corrected chi connectivity index (χ3v) is 7.62. The van der Waals surface area contributed by atoms with Crippen molar-refractivity contribution in [3.8, 4) is 22.3 Å². The summed E-state index contributed by atoms with van der Waals surface area (Å²) in [6.45, 7) is 0.180. The van der Waals surface area contributed by atoms with Crippen LogP contribution >= 0.6 is 24.8 Å². The van der Waals surface area contributed by atoms with Crippen LogP contribution in [0.2, 0.25) is 0 Å². The second kappa shape index (κ2) is 12.3. The zero-order valence-electron chi connectivity index (χ0n) is 22.6. The Morgan fingerprint density at radius 1 is 0.667 bits per heavy atom. The molecule has 8 nitrogen and oxygen atoms in total. The van der Waals surface area contributed by atoms with E-state index in [4.69, 9.17) is 22.9 Å². The van der Waals surface area contributed by atoms with Gasteiger partial charge in [0.2, 0.25) is 11.8 Å². The van der Waals surface area contributed by atoms with Gasteiger partial charge in [0, 0.05) is 51.4 Å². The summed E-state index contributed by atoms with van der Waals surface area (Å²) in [4.78, 5) is 29.8. The summed E-state index contributed by atoms with van der Waals surface area (Å²) < 4.78 is 0. The van der Waals surface area contributed by atoms with Crippen molar-refractivity contribution in [1.29, 1.82) is 0 Å². The summed E-state index contributed by atoms with van der Waals surface area (Å²) in [5.74, 6) is -1.34. The molecule has 2 amide bonds. The van der Waals surface area contributed by atoms with Crippen LogP contribution in [-0.2, 0) is 9.59 Å². The first kappa shape index (κ1) is 30.6. The number of carbonyl (C=O) groups is 2. The molecule has 42 heavy (non-hydrogen) atoms. The van der Waals surface area contributed by atoms with Crippen LogP contribution in [0.15, 0.2) is 84.9 Å². The monoisotopic (exact) mass is 602 g/mol. The fourth-order valence-electron chi connectivity index (χ4n) is 5.44. The van der Waals surface area contributed by atoms with Crippen molar-refractivity contribution >= 4 is 69.3 Å². The van der Waals surface area contributed by atoms with E-state index in [9.17, 15) is 9.59 Å². The second-order valence-electron chi connectivity index (χ2n) is 10.3. The standard InChI is InChI=1S/C32H30N6O2.2ClH/c33-16-25(32(36)40)18-3-1-17(2-4-18)20-6-9-28-23(12-20)24-13-21(7-10-29(24)38-28)19-5-8-27-22(11-19)14-30(37-27)26(34)15-31(35)39;;/h1-14,25-26,37-38H,15-16,33-34H2,(H2,35,39)(H2,36,40);2*1H. The number of aromatic nitrogens is 2. The molecular weight excluding hydrogens is 571 g/mol. The first-order valence-corrected chi connectivity index (χ1v) is 13.1. The van der Waals surface area contributed by atoms with E-state index in [0.717, 1.165) is 66.2 Å². The Bertz CT molecular complexity index is 1910. The van der Waals surface area contributed by atoms with Crippen molar-refractivity contribution in [2.45, 2.75) is 18.4 Å². The highest BCUT2D eigenvalue weighted by Crippen LogP contribution is 2.34. The molecule has 0 saturated carbocycles. The summed E-state index contributed by atoms with van der Waals surface area (Å²) in [5.41, 5.74) is 31.7. The van der Waals surface area contributed by atoms with Crippen LogP contribution in [0.4, 0.5) is 0 Å². The highest BCUT2D eigenvalue weighted by Gasteiger charge is 2.16. The maximum atomic E-state index is 11.7. The summed E-state index contributed by atoms with van der Waals surface area (Å²) in [6, 6.07) is 28.3. The molecule has 0 aliphatic rings. The Morgan fingerprint density at radius 3 is 1.74 bits per heavy atom. The topological polar surface area (TPSA) is 170 Å². The molecule has 2 aromatic heterocycles. The van der Waals surface area contributed by atoms with Crippen LogP contribution in [-0.4, -0.2) is 28.3 Å². The molecule has 0 aliphatic carbocycles. The summed E-state index contributed by atoms with van der Waals surface area (Å²) in [5, 5.41) is 3.27. The lowest BCUT2D eigenvalue weighted by Gasteiger charge is -2.12. The minimum atomic E-state index is -0.493. The van der Waals surface area contributed by atoms with E-state index in [-0.39, 0.29) is 37.8 Å². The van der Waals surface area contributed by atoms with Gasteiger partial charge in [0.05, 0.1) is 12.0 Å². The number of carbonyl (C=O) groups excluding carboxylic acids is 2. The molecule has 6 rings (SSSR count). The molecule has 6 aromatic rings. The maximum Gasteiger partial charge on any atom is 0.226 e. The number of rotatable bonds is 8. The van der Waals surface area contributed by atoms with E-state index in [1.807, 2.05) is 36.4 Å². The van der Waals surface area contributed by atoms with Gasteiger partial charge in [0.25, 0.3) is 0 Å². The van der Waals surface area contributed by atoms with Gasteiger partial charge in [-0.15, -0.1) is 24.8 Å². The van der Waals surface area contributed by atoms with Gasteiger partial charge in [0.1, 0.15) is 0 Å². The number of nitrogens with one attached hydrogen (secondary N) is 2. The fourth-order valence-corrected chi connectivity index (χ4v) is 5.44. The van der Waals surface area contributed by atoms with E-state index >= 15 is 0 Å². The maximum absolute atomic E-state index is 11.7. The molecule has 0 fully saturated rings. The Labute approximate surface area is 254 Å². The number of nitrogens with two attached hydrogens (primary N) is 4. The quantitative estimate of drug-likeness (QED) is 0.137. The van der Waals surface area contributed by atoms with Crippen LogP contribution in [0.1, 0.15) is 29.6 Å². The van der Waals surface area contributed by atoms with Gasteiger partial charge in [-0.25, -0.2) is 0 Å². The normalized spacial score (nSPS) is 12.5. The molecular formula is C32H32Cl2N6O2. The summed E-state index contributed by atoms with van der Waals surface area (Å²) in [6.07, 6.45) is 0.0879. The number of halogens is 2. The molecule has 0 bridgehead atoms. The van der Waals surface area contributed by atoms with Crippen molar-refractivity contribution in [1.82, 2.24) is 9.97 Å². The molecule has 2 heterocycles. The van der Waals surface area contributed by atoms with Gasteiger partial charge < -0.3 is 32.9 Å². The molecule has 10 heteroatoms. The Balaban J connectivity index is 0.00000202. The number of amides is 2. The third-order valence-electron chi connectivity index (χ3n) is 7.62. The zero-order valence-corrected chi connectivity index (χ0v) is 24.2. The van der Waals surface area contributed by atoms with Crippen LogP contribution < -0.4 is 22.9 Å². The van der Waals surface area contributed by atoms with Gasteiger partial charge in [0.15, 0.2) is 0 Å². The average Bonchev–Trinajstić information content (AvgIpc) is 3.53. The van der Waals surface area contributed by atoms with Gasteiger partial charge in [-0.05, 0) is 70.3 Å². The van der Waals surface area contributed by atoms with E-state index in [1.54, 1.807) is 0 Å². The van der Waals surface area contributed by atoms with Gasteiger partial charge in [-0.1, -0.05) is 42.5 Å².